The van der Waals surface area contributed by atoms with E-state index >= 15 is 0 Å². The van der Waals surface area contributed by atoms with Crippen LogP contribution < -0.4 is 10.5 Å². The molecule has 0 aliphatic rings. The van der Waals surface area contributed by atoms with Gasteiger partial charge < -0.3 is 15.6 Å². The van der Waals surface area contributed by atoms with Gasteiger partial charge in [0.25, 0.3) is 0 Å². The third kappa shape index (κ3) is 5.21. The quantitative estimate of drug-likeness (QED) is 0.745. The van der Waals surface area contributed by atoms with Crippen LogP contribution in [-0.4, -0.2) is 23.9 Å². The fourth-order valence-corrected chi connectivity index (χ4v) is 1.87. The Labute approximate surface area is 116 Å². The smallest absolute Gasteiger partial charge is 0.122 e. The first-order valence-electron chi connectivity index (χ1n) is 6.99. The number of aryl methyl sites for hydroxylation is 1. The molecule has 0 aromatic heterocycles. The fraction of sp³-hybridized carbons (Fsp3) is 0.625. The minimum atomic E-state index is -0.502. The number of rotatable bonds is 7. The molecular formula is C16H27NO2. The van der Waals surface area contributed by atoms with Gasteiger partial charge in [-0.25, -0.2) is 0 Å². The molecule has 1 rings (SSSR count). The largest absolute Gasteiger partial charge is 0.493 e. The summed E-state index contributed by atoms with van der Waals surface area (Å²) in [5.74, 6) is 1.46. The van der Waals surface area contributed by atoms with Gasteiger partial charge in [0.2, 0.25) is 0 Å². The third-order valence-corrected chi connectivity index (χ3v) is 3.39. The summed E-state index contributed by atoms with van der Waals surface area (Å²) in [7, 11) is 0. The van der Waals surface area contributed by atoms with Crippen molar-refractivity contribution >= 4 is 0 Å². The zero-order valence-corrected chi connectivity index (χ0v) is 12.6. The maximum atomic E-state index is 9.09. The summed E-state index contributed by atoms with van der Waals surface area (Å²) in [6.45, 7) is 8.91. The van der Waals surface area contributed by atoms with Crippen molar-refractivity contribution in [1.82, 2.24) is 0 Å². The Morgan fingerprint density at radius 1 is 1.37 bits per heavy atom. The molecule has 1 aromatic carbocycles. The van der Waals surface area contributed by atoms with Crippen LogP contribution in [0.2, 0.25) is 0 Å². The highest BCUT2D eigenvalue weighted by Gasteiger charge is 2.16. The first-order valence-corrected chi connectivity index (χ1v) is 6.99. The second-order valence-corrected chi connectivity index (χ2v) is 5.94. The highest BCUT2D eigenvalue weighted by atomic mass is 16.5. The maximum Gasteiger partial charge on any atom is 0.122 e. The number of hydrogen-bond acceptors (Lipinski definition) is 3. The number of aliphatic hydroxyl groups excluding tert-OH is 1. The lowest BCUT2D eigenvalue weighted by atomic mass is 9.99. The fourth-order valence-electron chi connectivity index (χ4n) is 1.87. The van der Waals surface area contributed by atoms with Crippen LogP contribution in [0.3, 0.4) is 0 Å². The summed E-state index contributed by atoms with van der Waals surface area (Å²) in [5, 5.41) is 9.09. The third-order valence-electron chi connectivity index (χ3n) is 3.39. The number of aliphatic hydroxyl groups is 1. The summed E-state index contributed by atoms with van der Waals surface area (Å²) in [6, 6.07) is 6.37. The Morgan fingerprint density at radius 2 is 2.05 bits per heavy atom. The average molecular weight is 265 g/mol. The Hall–Kier alpha value is -1.06. The van der Waals surface area contributed by atoms with Crippen LogP contribution in [0.5, 0.6) is 5.75 Å². The van der Waals surface area contributed by atoms with Gasteiger partial charge in [0.15, 0.2) is 0 Å². The van der Waals surface area contributed by atoms with Crippen LogP contribution in [0.15, 0.2) is 18.2 Å². The molecule has 1 aromatic rings. The number of benzene rings is 1. The van der Waals surface area contributed by atoms with Gasteiger partial charge in [-0.3, -0.25) is 0 Å². The minimum Gasteiger partial charge on any atom is -0.493 e. The van der Waals surface area contributed by atoms with Gasteiger partial charge in [0.05, 0.1) is 13.2 Å². The van der Waals surface area contributed by atoms with Crippen molar-refractivity contribution in [2.45, 2.75) is 52.0 Å². The minimum absolute atomic E-state index is 0.00879. The van der Waals surface area contributed by atoms with Crippen molar-refractivity contribution in [3.63, 3.8) is 0 Å². The first-order chi connectivity index (χ1) is 8.85. The highest BCUT2D eigenvalue weighted by molar-refractivity contribution is 5.37. The molecule has 3 heteroatoms. The molecule has 0 amide bonds. The van der Waals surface area contributed by atoms with Gasteiger partial charge in [-0.05, 0) is 49.8 Å². The Balaban J connectivity index is 2.51. The molecule has 3 N–H and O–H groups in total. The van der Waals surface area contributed by atoms with Gasteiger partial charge in [0.1, 0.15) is 5.75 Å². The summed E-state index contributed by atoms with van der Waals surface area (Å²) < 4.78 is 5.83. The van der Waals surface area contributed by atoms with Gasteiger partial charge in [-0.15, -0.1) is 0 Å². The Bertz CT molecular complexity index is 400. The molecule has 0 bridgehead atoms. The second-order valence-electron chi connectivity index (χ2n) is 5.94. The van der Waals surface area contributed by atoms with E-state index < -0.39 is 5.54 Å². The van der Waals surface area contributed by atoms with Gasteiger partial charge in [-0.1, -0.05) is 26.0 Å². The van der Waals surface area contributed by atoms with E-state index in [0.717, 1.165) is 24.2 Å². The molecule has 3 nitrogen and oxygen atoms in total. The normalized spacial score (nSPS) is 14.5. The monoisotopic (exact) mass is 265 g/mol. The summed E-state index contributed by atoms with van der Waals surface area (Å²) >= 11 is 0. The zero-order chi connectivity index (χ0) is 14.5. The van der Waals surface area contributed by atoms with Crippen LogP contribution in [0.1, 0.15) is 50.7 Å². The van der Waals surface area contributed by atoms with E-state index in [2.05, 4.69) is 39.0 Å². The first kappa shape index (κ1) is 16.0. The molecule has 0 radical (unpaired) electrons. The van der Waals surface area contributed by atoms with E-state index in [1.807, 2.05) is 6.92 Å². The molecular weight excluding hydrogens is 238 g/mol. The molecule has 0 saturated carbocycles. The predicted molar refractivity (Wildman–Crippen MR) is 79.7 cm³/mol. The number of nitrogens with two attached hydrogens (primary N) is 1. The van der Waals surface area contributed by atoms with Crippen LogP contribution in [0, 0.1) is 6.92 Å². The van der Waals surface area contributed by atoms with Crippen molar-refractivity contribution < 1.29 is 9.84 Å². The Kier molecular flexibility index (Phi) is 5.83. The molecule has 0 aliphatic carbocycles. The van der Waals surface area contributed by atoms with Crippen molar-refractivity contribution in [2.24, 2.45) is 5.73 Å². The topological polar surface area (TPSA) is 55.5 Å². The summed E-state index contributed by atoms with van der Waals surface area (Å²) in [5.41, 5.74) is 7.83. The van der Waals surface area contributed by atoms with Gasteiger partial charge >= 0.3 is 0 Å². The summed E-state index contributed by atoms with van der Waals surface area (Å²) in [6.07, 6.45) is 1.60. The average Bonchev–Trinajstić information content (AvgIpc) is 2.36. The zero-order valence-electron chi connectivity index (χ0n) is 12.6. The molecule has 0 fully saturated rings. The van der Waals surface area contributed by atoms with E-state index in [-0.39, 0.29) is 6.61 Å². The molecule has 108 valence electrons. The molecule has 0 saturated heterocycles. The molecule has 0 spiro atoms. The van der Waals surface area contributed by atoms with E-state index in [9.17, 15) is 0 Å². The van der Waals surface area contributed by atoms with Crippen molar-refractivity contribution in [3.05, 3.63) is 29.3 Å². The molecule has 0 heterocycles. The number of hydrogen-bond donors (Lipinski definition) is 2. The molecule has 19 heavy (non-hydrogen) atoms. The van der Waals surface area contributed by atoms with Crippen LogP contribution >= 0.6 is 0 Å². The summed E-state index contributed by atoms with van der Waals surface area (Å²) in [4.78, 5) is 0. The lowest BCUT2D eigenvalue weighted by Gasteiger charge is -2.21. The van der Waals surface area contributed by atoms with E-state index in [1.165, 1.54) is 5.56 Å². The molecule has 1 unspecified atom stereocenters. The SMILES string of the molecule is Cc1ccc(C(C)C)cc1OCCCC(C)(N)CO. The van der Waals surface area contributed by atoms with Crippen molar-refractivity contribution in [3.8, 4) is 5.75 Å². The Morgan fingerprint density at radius 3 is 2.63 bits per heavy atom. The van der Waals surface area contributed by atoms with Crippen LogP contribution in [0.4, 0.5) is 0 Å². The lowest BCUT2D eigenvalue weighted by Crippen LogP contribution is -2.40. The molecule has 0 aliphatic heterocycles. The van der Waals surface area contributed by atoms with Crippen molar-refractivity contribution in [1.29, 1.82) is 0 Å². The maximum absolute atomic E-state index is 9.09. The van der Waals surface area contributed by atoms with E-state index in [0.29, 0.717) is 12.5 Å². The predicted octanol–water partition coefficient (Wildman–Crippen LogP) is 2.99. The second kappa shape index (κ2) is 6.92. The number of ether oxygens (including phenoxy) is 1. The van der Waals surface area contributed by atoms with Gasteiger partial charge in [-0.2, -0.15) is 0 Å². The standard InChI is InChI=1S/C16H27NO2/c1-12(2)14-7-6-13(3)15(10-14)19-9-5-8-16(4,17)11-18/h6-7,10,12,18H,5,8-9,11,17H2,1-4H3. The lowest BCUT2D eigenvalue weighted by molar-refractivity contribution is 0.188. The molecule has 1 atom stereocenters. The van der Waals surface area contributed by atoms with Crippen LogP contribution in [0.25, 0.3) is 0 Å². The van der Waals surface area contributed by atoms with E-state index in [1.54, 1.807) is 0 Å². The van der Waals surface area contributed by atoms with Gasteiger partial charge in [0, 0.05) is 5.54 Å². The highest BCUT2D eigenvalue weighted by Crippen LogP contribution is 2.24. The van der Waals surface area contributed by atoms with Crippen LogP contribution in [-0.2, 0) is 0 Å². The van der Waals surface area contributed by atoms with Crippen molar-refractivity contribution in [2.75, 3.05) is 13.2 Å². The van der Waals surface area contributed by atoms with E-state index in [4.69, 9.17) is 15.6 Å².